The zero-order valence-electron chi connectivity index (χ0n) is 12.6. The Morgan fingerprint density at radius 1 is 1.27 bits per heavy atom. The van der Waals surface area contributed by atoms with Crippen molar-refractivity contribution in [2.75, 3.05) is 14.2 Å². The SMILES string of the molecule is COc1ccc(C(C=O)N(C)C(=O)Cc2ccccn2)cc1. The van der Waals surface area contributed by atoms with Crippen LogP contribution in [0.15, 0.2) is 48.7 Å². The van der Waals surface area contributed by atoms with Gasteiger partial charge in [0.25, 0.3) is 0 Å². The van der Waals surface area contributed by atoms with Gasteiger partial charge in [0.15, 0.2) is 0 Å². The number of amides is 1. The molecule has 0 spiro atoms. The molecule has 1 aromatic carbocycles. The molecule has 0 aliphatic rings. The molecule has 2 rings (SSSR count). The summed E-state index contributed by atoms with van der Waals surface area (Å²) >= 11 is 0. The van der Waals surface area contributed by atoms with Gasteiger partial charge in [-0.3, -0.25) is 9.78 Å². The number of aldehydes is 1. The van der Waals surface area contributed by atoms with Crippen molar-refractivity contribution in [3.63, 3.8) is 0 Å². The molecule has 114 valence electrons. The first-order valence-electron chi connectivity index (χ1n) is 6.90. The summed E-state index contributed by atoms with van der Waals surface area (Å²) in [7, 11) is 3.20. The number of hydrogen-bond acceptors (Lipinski definition) is 4. The molecule has 2 aromatic rings. The topological polar surface area (TPSA) is 59.5 Å². The van der Waals surface area contributed by atoms with Crippen LogP contribution in [0.4, 0.5) is 0 Å². The number of aromatic nitrogens is 1. The van der Waals surface area contributed by atoms with E-state index in [2.05, 4.69) is 4.98 Å². The number of ether oxygens (including phenoxy) is 1. The van der Waals surface area contributed by atoms with Crippen LogP contribution < -0.4 is 4.74 Å². The summed E-state index contributed by atoms with van der Waals surface area (Å²) < 4.78 is 5.09. The van der Waals surface area contributed by atoms with E-state index in [1.54, 1.807) is 56.8 Å². The normalized spacial score (nSPS) is 11.5. The highest BCUT2D eigenvalue weighted by Gasteiger charge is 2.21. The van der Waals surface area contributed by atoms with Gasteiger partial charge in [0.05, 0.1) is 13.5 Å². The van der Waals surface area contributed by atoms with Crippen LogP contribution in [0.2, 0.25) is 0 Å². The van der Waals surface area contributed by atoms with Crippen molar-refractivity contribution in [2.45, 2.75) is 12.5 Å². The molecule has 1 amide bonds. The maximum Gasteiger partial charge on any atom is 0.229 e. The van der Waals surface area contributed by atoms with Gasteiger partial charge in [-0.2, -0.15) is 0 Å². The molecule has 1 unspecified atom stereocenters. The number of pyridine rings is 1. The van der Waals surface area contributed by atoms with E-state index >= 15 is 0 Å². The molecular weight excluding hydrogens is 280 g/mol. The number of rotatable bonds is 6. The molecule has 1 aromatic heterocycles. The molecule has 0 aliphatic heterocycles. The third-order valence-corrected chi connectivity index (χ3v) is 3.46. The molecule has 0 radical (unpaired) electrons. The minimum Gasteiger partial charge on any atom is -0.497 e. The van der Waals surface area contributed by atoms with E-state index in [1.807, 2.05) is 6.07 Å². The van der Waals surface area contributed by atoms with Gasteiger partial charge >= 0.3 is 0 Å². The van der Waals surface area contributed by atoms with Crippen LogP contribution in [0.25, 0.3) is 0 Å². The van der Waals surface area contributed by atoms with Gasteiger partial charge in [-0.1, -0.05) is 18.2 Å². The lowest BCUT2D eigenvalue weighted by molar-refractivity contribution is -0.134. The second kappa shape index (κ2) is 7.36. The predicted octanol–water partition coefficient (Wildman–Crippen LogP) is 2.03. The van der Waals surface area contributed by atoms with E-state index in [1.165, 1.54) is 4.90 Å². The first kappa shape index (κ1) is 15.7. The second-order valence-corrected chi connectivity index (χ2v) is 4.86. The fraction of sp³-hybridized carbons (Fsp3) is 0.235. The first-order chi connectivity index (χ1) is 10.7. The summed E-state index contributed by atoms with van der Waals surface area (Å²) in [5, 5.41) is 0. The molecule has 0 aliphatic carbocycles. The van der Waals surface area contributed by atoms with Crippen molar-refractivity contribution in [3.8, 4) is 5.75 Å². The Labute approximate surface area is 129 Å². The van der Waals surface area contributed by atoms with E-state index in [9.17, 15) is 9.59 Å². The minimum atomic E-state index is -0.623. The highest BCUT2D eigenvalue weighted by molar-refractivity contribution is 5.81. The molecule has 5 nitrogen and oxygen atoms in total. The van der Waals surface area contributed by atoms with Crippen LogP contribution in [0, 0.1) is 0 Å². The van der Waals surface area contributed by atoms with Crippen LogP contribution >= 0.6 is 0 Å². The third-order valence-electron chi connectivity index (χ3n) is 3.46. The van der Waals surface area contributed by atoms with E-state index in [0.717, 1.165) is 11.8 Å². The summed E-state index contributed by atoms with van der Waals surface area (Å²) in [5.41, 5.74) is 1.42. The fourth-order valence-corrected chi connectivity index (χ4v) is 2.13. The summed E-state index contributed by atoms with van der Waals surface area (Å²) in [4.78, 5) is 29.3. The number of carbonyl (C=O) groups is 2. The number of nitrogens with zero attached hydrogens (tertiary/aromatic N) is 2. The molecular formula is C17H18N2O3. The highest BCUT2D eigenvalue weighted by Crippen LogP contribution is 2.21. The molecule has 1 heterocycles. The van der Waals surface area contributed by atoms with E-state index in [-0.39, 0.29) is 12.3 Å². The molecule has 0 fully saturated rings. The summed E-state index contributed by atoms with van der Waals surface area (Å²) in [5.74, 6) is 0.544. The van der Waals surface area contributed by atoms with Crippen molar-refractivity contribution in [1.29, 1.82) is 0 Å². The van der Waals surface area contributed by atoms with Gasteiger partial charge in [-0.05, 0) is 29.8 Å². The quantitative estimate of drug-likeness (QED) is 0.766. The monoisotopic (exact) mass is 298 g/mol. The Balaban J connectivity index is 2.11. The lowest BCUT2D eigenvalue weighted by Crippen LogP contribution is -2.33. The zero-order chi connectivity index (χ0) is 15.9. The average molecular weight is 298 g/mol. The van der Waals surface area contributed by atoms with Crippen molar-refractivity contribution < 1.29 is 14.3 Å². The number of hydrogen-bond donors (Lipinski definition) is 0. The molecule has 0 N–H and O–H groups in total. The molecule has 5 heteroatoms. The van der Waals surface area contributed by atoms with Crippen LogP contribution in [0.1, 0.15) is 17.3 Å². The largest absolute Gasteiger partial charge is 0.497 e. The van der Waals surface area contributed by atoms with E-state index < -0.39 is 6.04 Å². The first-order valence-corrected chi connectivity index (χ1v) is 6.90. The lowest BCUT2D eigenvalue weighted by Gasteiger charge is -2.24. The van der Waals surface area contributed by atoms with E-state index in [4.69, 9.17) is 4.74 Å². The summed E-state index contributed by atoms with van der Waals surface area (Å²) in [6, 6.07) is 11.9. The van der Waals surface area contributed by atoms with Crippen molar-refractivity contribution in [1.82, 2.24) is 9.88 Å². The number of methoxy groups -OCH3 is 1. The van der Waals surface area contributed by atoms with Crippen molar-refractivity contribution in [2.24, 2.45) is 0 Å². The summed E-state index contributed by atoms with van der Waals surface area (Å²) in [6.45, 7) is 0. The smallest absolute Gasteiger partial charge is 0.229 e. The Morgan fingerprint density at radius 2 is 2.00 bits per heavy atom. The Kier molecular flexibility index (Phi) is 5.25. The minimum absolute atomic E-state index is 0.161. The molecule has 0 saturated heterocycles. The highest BCUT2D eigenvalue weighted by atomic mass is 16.5. The van der Waals surface area contributed by atoms with Gasteiger partial charge in [0.2, 0.25) is 5.91 Å². The Bertz CT molecular complexity index is 626. The van der Waals surface area contributed by atoms with Crippen LogP contribution in [0.5, 0.6) is 5.75 Å². The van der Waals surface area contributed by atoms with Crippen LogP contribution in [-0.2, 0) is 16.0 Å². The molecule has 22 heavy (non-hydrogen) atoms. The fourth-order valence-electron chi connectivity index (χ4n) is 2.13. The van der Waals surface area contributed by atoms with Gasteiger partial charge in [-0.15, -0.1) is 0 Å². The second-order valence-electron chi connectivity index (χ2n) is 4.86. The van der Waals surface area contributed by atoms with Crippen LogP contribution in [-0.4, -0.2) is 36.2 Å². The van der Waals surface area contributed by atoms with Crippen molar-refractivity contribution >= 4 is 12.2 Å². The predicted molar refractivity (Wildman–Crippen MR) is 82.5 cm³/mol. The van der Waals surface area contributed by atoms with Crippen LogP contribution in [0.3, 0.4) is 0 Å². The maximum atomic E-state index is 12.3. The Hall–Kier alpha value is -2.69. The number of benzene rings is 1. The van der Waals surface area contributed by atoms with E-state index in [0.29, 0.717) is 11.4 Å². The van der Waals surface area contributed by atoms with Gasteiger partial charge in [-0.25, -0.2) is 0 Å². The maximum absolute atomic E-state index is 12.3. The van der Waals surface area contributed by atoms with Gasteiger partial charge in [0, 0.05) is 18.9 Å². The van der Waals surface area contributed by atoms with Gasteiger partial charge < -0.3 is 14.4 Å². The number of likely N-dealkylation sites (N-methyl/N-ethyl adjacent to an activating group) is 1. The zero-order valence-corrected chi connectivity index (χ0v) is 12.6. The van der Waals surface area contributed by atoms with Gasteiger partial charge in [0.1, 0.15) is 18.1 Å². The van der Waals surface area contributed by atoms with Crippen molar-refractivity contribution in [3.05, 3.63) is 59.9 Å². The molecule has 0 bridgehead atoms. The Morgan fingerprint density at radius 3 is 2.55 bits per heavy atom. The standard InChI is InChI=1S/C17H18N2O3/c1-19(17(21)11-14-5-3-4-10-18-14)16(12-20)13-6-8-15(22-2)9-7-13/h3-10,12,16H,11H2,1-2H3. The number of carbonyl (C=O) groups excluding carboxylic acids is 2. The third kappa shape index (κ3) is 3.69. The lowest BCUT2D eigenvalue weighted by atomic mass is 10.1. The molecule has 0 saturated carbocycles. The average Bonchev–Trinajstić information content (AvgIpc) is 2.57. The molecule has 1 atom stereocenters. The summed E-state index contributed by atoms with van der Waals surface area (Å²) in [6.07, 6.45) is 2.57.